The van der Waals surface area contributed by atoms with Crippen molar-refractivity contribution in [3.05, 3.63) is 70.3 Å². The van der Waals surface area contributed by atoms with Crippen LogP contribution in [0, 0.1) is 57.3 Å². The van der Waals surface area contributed by atoms with Crippen LogP contribution in [0.15, 0.2) is 30.3 Å². The van der Waals surface area contributed by atoms with E-state index < -0.39 is 51.3 Å². The highest BCUT2D eigenvalue weighted by molar-refractivity contribution is 6.08. The highest BCUT2D eigenvalue weighted by Gasteiger charge is 2.44. The second-order valence-corrected chi connectivity index (χ2v) is 9.15. The first-order valence-electron chi connectivity index (χ1n) is 11.7. The van der Waals surface area contributed by atoms with E-state index in [4.69, 9.17) is 10.5 Å². The third kappa shape index (κ3) is 4.50. The summed E-state index contributed by atoms with van der Waals surface area (Å²) < 4.78 is 61.7. The summed E-state index contributed by atoms with van der Waals surface area (Å²) in [5.74, 6) is -9.43. The number of para-hydroxylation sites is 1. The maximum Gasteiger partial charge on any atom is 0.209 e. The Balaban J connectivity index is 2.25. The summed E-state index contributed by atoms with van der Waals surface area (Å²) in [6.07, 6.45) is 5.16. The van der Waals surface area contributed by atoms with Crippen molar-refractivity contribution in [2.45, 2.75) is 57.8 Å². The lowest BCUT2D eigenvalue weighted by molar-refractivity contribution is -0.438. The van der Waals surface area contributed by atoms with Gasteiger partial charge in [0.25, 0.3) is 0 Å². The van der Waals surface area contributed by atoms with Crippen molar-refractivity contribution in [1.82, 2.24) is 0 Å². The summed E-state index contributed by atoms with van der Waals surface area (Å²) >= 11 is 0. The topological polar surface area (TPSA) is 74.4 Å². The minimum atomic E-state index is -2.05. The number of unbranched alkanes of at least 4 members (excludes halogenated alkanes) is 3. The molecule has 184 valence electrons. The first-order valence-corrected chi connectivity index (χ1v) is 11.7. The zero-order chi connectivity index (χ0) is 26.6. The molecule has 0 bridgehead atoms. The molecule has 0 radical (unpaired) electrons. The van der Waals surface area contributed by atoms with Gasteiger partial charge in [-0.05, 0) is 20.3 Å². The molecule has 0 amide bonds. The fraction of sp³-hybridized carbons (Fsp3) is 0.357. The van der Waals surface area contributed by atoms with E-state index in [-0.39, 0.29) is 0 Å². The van der Waals surface area contributed by atoms with Crippen LogP contribution >= 0.6 is 0 Å². The van der Waals surface area contributed by atoms with Crippen molar-refractivity contribution >= 4 is 17.0 Å². The molecule has 0 saturated heterocycles. The second-order valence-electron chi connectivity index (χ2n) is 9.15. The number of benzene rings is 2. The number of hydrogen-bond acceptors (Lipinski definition) is 3. The Hall–Kier alpha value is -3.96. The molecule has 1 aliphatic rings. The standard InChI is InChI=1S/C28H25F4N4/c1-4-5-6-9-12-36-20-11-8-7-10-19(20)28(2,3)21(36)13-17(14-33)22-24(29)26(31)23(18(15-34)16-35)27(32)25(22)30/h7-8,10-11,13,18H,4-6,9,12H2,1-3H3/q+1/b17-13+. The summed E-state index contributed by atoms with van der Waals surface area (Å²) in [5.41, 5.74) is -1.35. The third-order valence-corrected chi connectivity index (χ3v) is 6.55. The normalized spacial score (nSPS) is 14.4. The van der Waals surface area contributed by atoms with Crippen molar-refractivity contribution in [3.63, 3.8) is 0 Å². The van der Waals surface area contributed by atoms with Gasteiger partial charge in [0.15, 0.2) is 34.9 Å². The Kier molecular flexibility index (Phi) is 7.96. The van der Waals surface area contributed by atoms with Crippen LogP contribution in [-0.2, 0) is 5.41 Å². The lowest BCUT2D eigenvalue weighted by atomic mass is 9.80. The summed E-state index contributed by atoms with van der Waals surface area (Å²) in [7, 11) is 0. The zero-order valence-corrected chi connectivity index (χ0v) is 20.3. The van der Waals surface area contributed by atoms with Gasteiger partial charge in [0.2, 0.25) is 5.69 Å². The quantitative estimate of drug-likeness (QED) is 0.131. The van der Waals surface area contributed by atoms with E-state index in [0.717, 1.165) is 36.9 Å². The molecule has 0 aromatic heterocycles. The molecule has 2 aromatic carbocycles. The van der Waals surface area contributed by atoms with E-state index in [1.165, 1.54) is 18.2 Å². The SMILES string of the molecule is CCCCCC[N+]1=C(/C=C(\C#N)c2c(F)c(F)c(C(C#N)C#N)c(F)c2F)C(C)(C)c2ccccc21. The third-order valence-electron chi connectivity index (χ3n) is 6.55. The molecule has 0 aliphatic carbocycles. The van der Waals surface area contributed by atoms with Gasteiger partial charge in [-0.2, -0.15) is 20.4 Å². The summed E-state index contributed by atoms with van der Waals surface area (Å²) in [6.45, 7) is 6.49. The van der Waals surface area contributed by atoms with Crippen LogP contribution in [0.4, 0.5) is 23.2 Å². The van der Waals surface area contributed by atoms with E-state index >= 15 is 8.78 Å². The van der Waals surface area contributed by atoms with Crippen molar-refractivity contribution in [1.29, 1.82) is 15.8 Å². The predicted octanol–water partition coefficient (Wildman–Crippen LogP) is 6.94. The Morgan fingerprint density at radius 3 is 2.11 bits per heavy atom. The molecule has 4 nitrogen and oxygen atoms in total. The van der Waals surface area contributed by atoms with Crippen molar-refractivity contribution in [3.8, 4) is 18.2 Å². The van der Waals surface area contributed by atoms with Gasteiger partial charge < -0.3 is 0 Å². The second kappa shape index (κ2) is 10.8. The average molecular weight is 494 g/mol. The molecule has 1 heterocycles. The molecular formula is C28H25F4N4+. The predicted molar refractivity (Wildman–Crippen MR) is 127 cm³/mol. The van der Waals surface area contributed by atoms with Gasteiger partial charge in [-0.25, -0.2) is 17.6 Å². The summed E-state index contributed by atoms with van der Waals surface area (Å²) in [6, 6.07) is 11.9. The van der Waals surface area contributed by atoms with E-state index in [1.807, 2.05) is 42.7 Å². The molecule has 0 saturated carbocycles. The first kappa shape index (κ1) is 26.6. The summed E-state index contributed by atoms with van der Waals surface area (Å²) in [5, 5.41) is 27.8. The number of halogens is 4. The van der Waals surface area contributed by atoms with E-state index in [9.17, 15) is 14.0 Å². The van der Waals surface area contributed by atoms with Gasteiger partial charge in [0.1, 0.15) is 12.6 Å². The molecule has 3 rings (SSSR count). The van der Waals surface area contributed by atoms with Crippen molar-refractivity contribution in [2.75, 3.05) is 6.54 Å². The molecule has 2 aromatic rings. The molecule has 8 heteroatoms. The molecule has 0 fully saturated rings. The number of fused-ring (bicyclic) bond motifs is 1. The molecule has 0 atom stereocenters. The maximum absolute atomic E-state index is 15.1. The van der Waals surface area contributed by atoms with Gasteiger partial charge in [-0.15, -0.1) is 0 Å². The lowest BCUT2D eigenvalue weighted by Crippen LogP contribution is -2.28. The largest absolute Gasteiger partial charge is 0.209 e. The first-order chi connectivity index (χ1) is 17.1. The van der Waals surface area contributed by atoms with Crippen LogP contribution < -0.4 is 0 Å². The van der Waals surface area contributed by atoms with Crippen LogP contribution in [0.5, 0.6) is 0 Å². The van der Waals surface area contributed by atoms with Crippen molar-refractivity contribution in [2.24, 2.45) is 0 Å². The van der Waals surface area contributed by atoms with Gasteiger partial charge in [-0.3, -0.25) is 0 Å². The lowest BCUT2D eigenvalue weighted by Gasteiger charge is -2.16. The monoisotopic (exact) mass is 493 g/mol. The summed E-state index contributed by atoms with van der Waals surface area (Å²) in [4.78, 5) is 0. The molecule has 0 N–H and O–H groups in total. The maximum atomic E-state index is 15.1. The number of rotatable bonds is 8. The molecule has 0 spiro atoms. The van der Waals surface area contributed by atoms with Gasteiger partial charge in [0.05, 0.1) is 34.3 Å². The van der Waals surface area contributed by atoms with E-state index in [2.05, 4.69) is 6.92 Å². The fourth-order valence-electron chi connectivity index (χ4n) is 4.63. The van der Waals surface area contributed by atoms with Crippen LogP contribution in [0.2, 0.25) is 0 Å². The number of allylic oxidation sites excluding steroid dienone is 2. The van der Waals surface area contributed by atoms with Crippen LogP contribution in [0.25, 0.3) is 5.57 Å². The fourth-order valence-corrected chi connectivity index (χ4v) is 4.63. The Morgan fingerprint density at radius 2 is 1.56 bits per heavy atom. The molecule has 36 heavy (non-hydrogen) atoms. The molecular weight excluding hydrogens is 468 g/mol. The molecule has 0 unspecified atom stereocenters. The molecule has 1 aliphatic heterocycles. The van der Waals surface area contributed by atoms with Crippen molar-refractivity contribution < 1.29 is 22.1 Å². The van der Waals surface area contributed by atoms with Gasteiger partial charge in [-0.1, -0.05) is 38.0 Å². The van der Waals surface area contributed by atoms with E-state index in [0.29, 0.717) is 12.3 Å². The van der Waals surface area contributed by atoms with Gasteiger partial charge in [0, 0.05) is 24.1 Å². The van der Waals surface area contributed by atoms with Gasteiger partial charge >= 0.3 is 0 Å². The Labute approximate surface area is 208 Å². The number of nitriles is 3. The Bertz CT molecular complexity index is 1340. The minimum Gasteiger partial charge on any atom is -0.203 e. The zero-order valence-electron chi connectivity index (χ0n) is 20.3. The van der Waals surface area contributed by atoms with Crippen LogP contribution in [-0.4, -0.2) is 16.8 Å². The Morgan fingerprint density at radius 1 is 0.944 bits per heavy atom. The minimum absolute atomic E-state index is 0.562. The number of hydrogen-bond donors (Lipinski definition) is 0. The van der Waals surface area contributed by atoms with E-state index in [1.54, 1.807) is 6.07 Å². The number of nitrogens with zero attached hydrogens (tertiary/aromatic N) is 4. The highest BCUT2D eigenvalue weighted by atomic mass is 19.2. The van der Waals surface area contributed by atoms with Crippen LogP contribution in [0.1, 0.15) is 69.1 Å². The van der Waals surface area contributed by atoms with Crippen LogP contribution in [0.3, 0.4) is 0 Å². The highest BCUT2D eigenvalue weighted by Crippen LogP contribution is 2.41. The smallest absolute Gasteiger partial charge is 0.203 e. The average Bonchev–Trinajstić information content (AvgIpc) is 3.08.